The summed E-state index contributed by atoms with van der Waals surface area (Å²) in [6, 6.07) is 17.9. The minimum absolute atomic E-state index is 1.14. The highest BCUT2D eigenvalue weighted by Crippen LogP contribution is 2.53. The molecular formula is C25H30. The molecule has 2 aromatic rings. The highest BCUT2D eigenvalue weighted by molar-refractivity contribution is 6.02. The van der Waals surface area contributed by atoms with Gasteiger partial charge in [0.1, 0.15) is 0 Å². The third kappa shape index (κ3) is 3.23. The summed E-state index contributed by atoms with van der Waals surface area (Å²) in [5.41, 5.74) is 12.5. The second-order valence-corrected chi connectivity index (χ2v) is 7.19. The fourth-order valence-corrected chi connectivity index (χ4v) is 4.04. The van der Waals surface area contributed by atoms with E-state index >= 15 is 0 Å². The number of hydrogen-bond donors (Lipinski definition) is 0. The molecule has 5 rings (SSSR count). The van der Waals surface area contributed by atoms with Gasteiger partial charge in [0.2, 0.25) is 0 Å². The number of rotatable bonds is 0. The van der Waals surface area contributed by atoms with Crippen molar-refractivity contribution in [3.05, 3.63) is 81.9 Å². The van der Waals surface area contributed by atoms with E-state index in [2.05, 4.69) is 76.2 Å². The molecule has 3 aliphatic carbocycles. The maximum Gasteiger partial charge on any atom is -0.00105 e. The molecule has 2 aromatic carbocycles. The molecule has 0 radical (unpaired) electrons. The lowest BCUT2D eigenvalue weighted by molar-refractivity contribution is 1.09. The van der Waals surface area contributed by atoms with Gasteiger partial charge in [0, 0.05) is 0 Å². The van der Waals surface area contributed by atoms with E-state index < -0.39 is 0 Å². The summed E-state index contributed by atoms with van der Waals surface area (Å²) >= 11 is 0. The smallest absolute Gasteiger partial charge is 0.00105 e. The van der Waals surface area contributed by atoms with E-state index in [9.17, 15) is 0 Å². The Labute approximate surface area is 153 Å². The van der Waals surface area contributed by atoms with Gasteiger partial charge in [-0.2, -0.15) is 0 Å². The van der Waals surface area contributed by atoms with Gasteiger partial charge in [0.15, 0.2) is 0 Å². The van der Waals surface area contributed by atoms with Gasteiger partial charge in [-0.05, 0) is 58.2 Å². The molecule has 0 spiro atoms. The zero-order valence-corrected chi connectivity index (χ0v) is 16.2. The van der Waals surface area contributed by atoms with Crippen LogP contribution >= 0.6 is 0 Å². The third-order valence-electron chi connectivity index (χ3n) is 4.81. The minimum Gasteiger partial charge on any atom is -0.0656 e. The zero-order valence-electron chi connectivity index (χ0n) is 16.2. The number of fused-ring (bicyclic) bond motifs is 5. The van der Waals surface area contributed by atoms with Crippen molar-refractivity contribution in [3.63, 3.8) is 0 Å². The molecule has 0 aliphatic heterocycles. The lowest BCUT2D eigenvalue weighted by Crippen LogP contribution is -1.89. The number of hydrogen-bond acceptors (Lipinski definition) is 0. The zero-order chi connectivity index (χ0) is 17.8. The highest BCUT2D eigenvalue weighted by Gasteiger charge is 2.35. The summed E-state index contributed by atoms with van der Waals surface area (Å²) in [4.78, 5) is 0. The van der Waals surface area contributed by atoms with Crippen LogP contribution < -0.4 is 0 Å². The van der Waals surface area contributed by atoms with E-state index in [1.807, 2.05) is 0 Å². The molecule has 0 bridgehead atoms. The molecule has 0 unspecified atom stereocenters. The van der Waals surface area contributed by atoms with Crippen LogP contribution in [0.3, 0.4) is 0 Å². The molecule has 0 atom stereocenters. The molecule has 0 N–H and O–H groups in total. The van der Waals surface area contributed by atoms with Gasteiger partial charge in [-0.15, -0.1) is 0 Å². The second-order valence-electron chi connectivity index (χ2n) is 7.19. The Kier molecular flexibility index (Phi) is 5.58. The van der Waals surface area contributed by atoms with Gasteiger partial charge < -0.3 is 0 Å². The average molecular weight is 331 g/mol. The van der Waals surface area contributed by atoms with E-state index in [1.165, 1.54) is 47.9 Å². The minimum atomic E-state index is 1.14. The topological polar surface area (TPSA) is 0 Å². The van der Waals surface area contributed by atoms with Crippen molar-refractivity contribution in [3.8, 4) is 0 Å². The molecule has 0 aromatic heterocycles. The molecule has 25 heavy (non-hydrogen) atoms. The third-order valence-corrected chi connectivity index (χ3v) is 4.81. The SMILES string of the molecule is CCC.CCC.c1ccc2c(c1)CC1=C2CC2=C1c1ccccc1C2. The Morgan fingerprint density at radius 1 is 0.600 bits per heavy atom. The molecule has 130 valence electrons. The first-order valence-corrected chi connectivity index (χ1v) is 9.85. The van der Waals surface area contributed by atoms with Gasteiger partial charge in [0.05, 0.1) is 0 Å². The van der Waals surface area contributed by atoms with Crippen LogP contribution in [0.15, 0.2) is 59.7 Å². The van der Waals surface area contributed by atoms with Crippen molar-refractivity contribution in [2.75, 3.05) is 0 Å². The first kappa shape index (κ1) is 17.7. The fourth-order valence-electron chi connectivity index (χ4n) is 4.04. The lowest BCUT2D eigenvalue weighted by Gasteiger charge is -2.06. The van der Waals surface area contributed by atoms with Crippen molar-refractivity contribution < 1.29 is 0 Å². The summed E-state index contributed by atoms with van der Waals surface area (Å²) in [6.45, 7) is 8.50. The summed E-state index contributed by atoms with van der Waals surface area (Å²) in [7, 11) is 0. The lowest BCUT2D eigenvalue weighted by atomic mass is 9.98. The van der Waals surface area contributed by atoms with Crippen LogP contribution in [0, 0.1) is 0 Å². The van der Waals surface area contributed by atoms with E-state index in [0.717, 1.165) is 6.42 Å². The Hall–Kier alpha value is -2.08. The van der Waals surface area contributed by atoms with Crippen LogP contribution in [-0.4, -0.2) is 0 Å². The molecule has 0 nitrogen and oxygen atoms in total. The summed E-state index contributed by atoms with van der Waals surface area (Å²) in [5, 5.41) is 0. The number of benzene rings is 2. The summed E-state index contributed by atoms with van der Waals surface area (Å²) in [5.74, 6) is 0. The van der Waals surface area contributed by atoms with Gasteiger partial charge in [0.25, 0.3) is 0 Å². The van der Waals surface area contributed by atoms with Crippen LogP contribution in [0.1, 0.15) is 69.2 Å². The average Bonchev–Trinajstić information content (AvgIpc) is 3.24. The first-order chi connectivity index (χ1) is 12.2. The quantitative estimate of drug-likeness (QED) is 0.477. The van der Waals surface area contributed by atoms with E-state index in [0.29, 0.717) is 0 Å². The van der Waals surface area contributed by atoms with Crippen LogP contribution in [-0.2, 0) is 12.8 Å². The normalized spacial score (nSPS) is 15.5. The molecule has 3 aliphatic rings. The van der Waals surface area contributed by atoms with Crippen molar-refractivity contribution in [2.45, 2.75) is 59.8 Å². The second kappa shape index (κ2) is 7.87. The predicted octanol–water partition coefficient (Wildman–Crippen LogP) is 7.24. The summed E-state index contributed by atoms with van der Waals surface area (Å²) < 4.78 is 0. The molecule has 0 saturated carbocycles. The Morgan fingerprint density at radius 3 is 1.76 bits per heavy atom. The maximum absolute atomic E-state index is 2.30. The molecule has 0 saturated heterocycles. The van der Waals surface area contributed by atoms with Crippen molar-refractivity contribution >= 4 is 11.1 Å². The fraction of sp³-hybridized carbons (Fsp3) is 0.360. The van der Waals surface area contributed by atoms with Gasteiger partial charge in [-0.1, -0.05) is 94.6 Å². The van der Waals surface area contributed by atoms with Crippen molar-refractivity contribution in [2.24, 2.45) is 0 Å². The van der Waals surface area contributed by atoms with Crippen LogP contribution in [0.5, 0.6) is 0 Å². The van der Waals surface area contributed by atoms with Crippen LogP contribution in [0.2, 0.25) is 0 Å². The van der Waals surface area contributed by atoms with Crippen molar-refractivity contribution in [1.29, 1.82) is 0 Å². The largest absolute Gasteiger partial charge is 0.0656 e. The maximum atomic E-state index is 2.30. The predicted molar refractivity (Wildman–Crippen MR) is 111 cm³/mol. The summed E-state index contributed by atoms with van der Waals surface area (Å²) in [6.07, 6.45) is 5.98. The Balaban J connectivity index is 0.000000271. The molecule has 0 heterocycles. The van der Waals surface area contributed by atoms with Crippen molar-refractivity contribution in [1.82, 2.24) is 0 Å². The standard InChI is InChI=1S/C19H14.2C3H8/c1-3-7-15-13(6-1)10-18-17(15)11-14-9-12-5-2-4-8-16(12)19(14)18;2*1-3-2/h1-8H,9-11H2;2*3H2,1-2H3. The van der Waals surface area contributed by atoms with Gasteiger partial charge in [-0.25, -0.2) is 0 Å². The highest BCUT2D eigenvalue weighted by atomic mass is 14.4. The van der Waals surface area contributed by atoms with Gasteiger partial charge >= 0.3 is 0 Å². The molecule has 0 amide bonds. The first-order valence-electron chi connectivity index (χ1n) is 9.85. The monoisotopic (exact) mass is 330 g/mol. The van der Waals surface area contributed by atoms with Crippen LogP contribution in [0.4, 0.5) is 0 Å². The molecule has 0 fully saturated rings. The Bertz CT molecular complexity index is 815. The van der Waals surface area contributed by atoms with E-state index in [4.69, 9.17) is 0 Å². The van der Waals surface area contributed by atoms with E-state index in [-0.39, 0.29) is 0 Å². The van der Waals surface area contributed by atoms with Crippen LogP contribution in [0.25, 0.3) is 11.1 Å². The van der Waals surface area contributed by atoms with E-state index in [1.54, 1.807) is 22.3 Å². The Morgan fingerprint density at radius 2 is 1.12 bits per heavy atom. The molecular weight excluding hydrogens is 300 g/mol. The number of allylic oxidation sites excluding steroid dienone is 4. The van der Waals surface area contributed by atoms with Gasteiger partial charge in [-0.3, -0.25) is 0 Å². The molecule has 0 heteroatoms.